The molecule has 0 bridgehead atoms. The van der Waals surface area contributed by atoms with Gasteiger partial charge in [-0.25, -0.2) is 14.4 Å². The van der Waals surface area contributed by atoms with Crippen LogP contribution in [0.2, 0.25) is 5.02 Å². The minimum absolute atomic E-state index is 0.271. The molecule has 0 aliphatic heterocycles. The Bertz CT molecular complexity index is 801. The molecular weight excluding hydrogens is 293 g/mol. The van der Waals surface area contributed by atoms with Gasteiger partial charge in [0.1, 0.15) is 23.7 Å². The van der Waals surface area contributed by atoms with Crippen LogP contribution in [-0.2, 0) is 7.05 Å². The highest BCUT2D eigenvalue weighted by atomic mass is 35.5. The lowest BCUT2D eigenvalue weighted by Gasteiger charge is -2.06. The van der Waals surface area contributed by atoms with Gasteiger partial charge >= 0.3 is 0 Å². The number of aromatic nitrogens is 4. The molecule has 2 aromatic heterocycles. The molecule has 2 heterocycles. The van der Waals surface area contributed by atoms with E-state index in [0.717, 1.165) is 0 Å². The minimum atomic E-state index is -0.407. The highest BCUT2D eigenvalue weighted by Gasteiger charge is 2.20. The maximum absolute atomic E-state index is 13.2. The molecule has 0 spiro atoms. The van der Waals surface area contributed by atoms with Crippen LogP contribution in [0.5, 0.6) is 0 Å². The summed E-state index contributed by atoms with van der Waals surface area (Å²) in [6, 6.07) is 4.16. The molecule has 0 aliphatic rings. The predicted octanol–water partition coefficient (Wildman–Crippen LogP) is 2.92. The van der Waals surface area contributed by atoms with Gasteiger partial charge in [0.2, 0.25) is 0 Å². The molecule has 0 unspecified atom stereocenters. The van der Waals surface area contributed by atoms with Crippen LogP contribution in [0.4, 0.5) is 10.2 Å². The van der Waals surface area contributed by atoms with E-state index < -0.39 is 5.82 Å². The summed E-state index contributed by atoms with van der Waals surface area (Å²) in [5, 5.41) is 4.65. The van der Waals surface area contributed by atoms with E-state index in [1.807, 2.05) is 0 Å². The summed E-state index contributed by atoms with van der Waals surface area (Å²) in [6.45, 7) is 0. The van der Waals surface area contributed by atoms with E-state index in [1.165, 1.54) is 23.1 Å². The standard InChI is InChI=1S/C14H11ClFN5/c1-21-14(17)12(10-3-2-9(16)4-11(10)15)13(20-21)8-5-18-7-19-6-8/h2-7H,17H2,1H3. The number of benzene rings is 1. The summed E-state index contributed by atoms with van der Waals surface area (Å²) >= 11 is 6.14. The second-order valence-corrected chi connectivity index (χ2v) is 4.89. The smallest absolute Gasteiger partial charge is 0.129 e. The van der Waals surface area contributed by atoms with Gasteiger partial charge in [-0.3, -0.25) is 4.68 Å². The molecule has 106 valence electrons. The molecule has 0 fully saturated rings. The van der Waals surface area contributed by atoms with Gasteiger partial charge in [0, 0.05) is 30.6 Å². The van der Waals surface area contributed by atoms with Crippen molar-refractivity contribution in [2.45, 2.75) is 0 Å². The molecule has 0 aliphatic carbocycles. The van der Waals surface area contributed by atoms with E-state index in [2.05, 4.69) is 15.1 Å². The van der Waals surface area contributed by atoms with Gasteiger partial charge in [0.05, 0.1) is 10.6 Å². The van der Waals surface area contributed by atoms with E-state index >= 15 is 0 Å². The zero-order chi connectivity index (χ0) is 15.0. The van der Waals surface area contributed by atoms with Crippen LogP contribution in [0, 0.1) is 5.82 Å². The zero-order valence-electron chi connectivity index (χ0n) is 11.1. The van der Waals surface area contributed by atoms with E-state index in [4.69, 9.17) is 17.3 Å². The molecule has 3 aromatic rings. The quantitative estimate of drug-likeness (QED) is 0.790. The van der Waals surface area contributed by atoms with Gasteiger partial charge in [0.25, 0.3) is 0 Å². The summed E-state index contributed by atoms with van der Waals surface area (Å²) in [5.74, 6) is 0.0261. The van der Waals surface area contributed by atoms with Crippen molar-refractivity contribution in [3.63, 3.8) is 0 Å². The fraction of sp³-hybridized carbons (Fsp3) is 0.0714. The van der Waals surface area contributed by atoms with Crippen LogP contribution in [-0.4, -0.2) is 19.7 Å². The fourth-order valence-electron chi connectivity index (χ4n) is 2.12. The van der Waals surface area contributed by atoms with E-state index in [-0.39, 0.29) is 5.02 Å². The van der Waals surface area contributed by atoms with E-state index in [9.17, 15) is 4.39 Å². The van der Waals surface area contributed by atoms with Crippen molar-refractivity contribution < 1.29 is 4.39 Å². The maximum Gasteiger partial charge on any atom is 0.129 e. The first-order chi connectivity index (χ1) is 10.1. The number of anilines is 1. The van der Waals surface area contributed by atoms with E-state index in [0.29, 0.717) is 28.2 Å². The monoisotopic (exact) mass is 303 g/mol. The average Bonchev–Trinajstić information content (AvgIpc) is 2.76. The largest absolute Gasteiger partial charge is 0.383 e. The molecular formula is C14H11ClFN5. The Morgan fingerprint density at radius 2 is 1.95 bits per heavy atom. The first-order valence-corrected chi connectivity index (χ1v) is 6.49. The molecule has 0 radical (unpaired) electrons. The van der Waals surface area contributed by atoms with Gasteiger partial charge in [-0.1, -0.05) is 11.6 Å². The highest BCUT2D eigenvalue weighted by Crippen LogP contribution is 2.39. The number of aryl methyl sites for hydroxylation is 1. The van der Waals surface area contributed by atoms with Gasteiger partial charge in [-0.2, -0.15) is 5.10 Å². The number of hydrogen-bond donors (Lipinski definition) is 1. The van der Waals surface area contributed by atoms with Gasteiger partial charge in [-0.15, -0.1) is 0 Å². The Hall–Kier alpha value is -2.47. The Morgan fingerprint density at radius 1 is 1.24 bits per heavy atom. The summed E-state index contributed by atoms with van der Waals surface area (Å²) in [7, 11) is 1.73. The third kappa shape index (κ3) is 2.34. The fourth-order valence-corrected chi connectivity index (χ4v) is 2.38. The van der Waals surface area contributed by atoms with Crippen LogP contribution in [0.15, 0.2) is 36.9 Å². The third-order valence-corrected chi connectivity index (χ3v) is 3.44. The lowest BCUT2D eigenvalue weighted by molar-refractivity contribution is 0.628. The summed E-state index contributed by atoms with van der Waals surface area (Å²) in [4.78, 5) is 7.95. The Kier molecular flexibility index (Phi) is 3.31. The molecule has 3 rings (SSSR count). The first kappa shape index (κ1) is 13.5. The van der Waals surface area contributed by atoms with Crippen molar-refractivity contribution in [2.75, 3.05) is 5.73 Å². The second-order valence-electron chi connectivity index (χ2n) is 4.48. The lowest BCUT2D eigenvalue weighted by Crippen LogP contribution is -1.98. The highest BCUT2D eigenvalue weighted by molar-refractivity contribution is 6.33. The molecule has 1 aromatic carbocycles. The SMILES string of the molecule is Cn1nc(-c2cncnc2)c(-c2ccc(F)cc2Cl)c1N. The number of nitrogens with zero attached hydrogens (tertiary/aromatic N) is 4. The predicted molar refractivity (Wildman–Crippen MR) is 79.1 cm³/mol. The molecule has 2 N–H and O–H groups in total. The summed E-state index contributed by atoms with van der Waals surface area (Å²) in [6.07, 6.45) is 4.70. The number of rotatable bonds is 2. The molecule has 0 saturated carbocycles. The van der Waals surface area contributed by atoms with Crippen molar-refractivity contribution in [3.8, 4) is 22.4 Å². The van der Waals surface area contributed by atoms with Crippen LogP contribution in [0.3, 0.4) is 0 Å². The summed E-state index contributed by atoms with van der Waals surface area (Å²) < 4.78 is 14.8. The number of nitrogen functional groups attached to an aromatic ring is 1. The lowest BCUT2D eigenvalue weighted by atomic mass is 10.0. The van der Waals surface area contributed by atoms with Gasteiger partial charge in [0.15, 0.2) is 0 Å². The first-order valence-electron chi connectivity index (χ1n) is 6.11. The van der Waals surface area contributed by atoms with Crippen LogP contribution < -0.4 is 5.73 Å². The van der Waals surface area contributed by atoms with Crippen LogP contribution >= 0.6 is 11.6 Å². The number of nitrogens with two attached hydrogens (primary N) is 1. The minimum Gasteiger partial charge on any atom is -0.383 e. The van der Waals surface area contributed by atoms with Crippen molar-refractivity contribution in [2.24, 2.45) is 7.05 Å². The normalized spacial score (nSPS) is 10.8. The average molecular weight is 304 g/mol. The zero-order valence-corrected chi connectivity index (χ0v) is 11.8. The molecule has 0 saturated heterocycles. The van der Waals surface area contributed by atoms with Crippen molar-refractivity contribution >= 4 is 17.4 Å². The molecule has 7 heteroatoms. The Morgan fingerprint density at radius 3 is 2.62 bits per heavy atom. The maximum atomic E-state index is 13.2. The molecule has 0 amide bonds. The van der Waals surface area contributed by atoms with Crippen LogP contribution in [0.1, 0.15) is 0 Å². The van der Waals surface area contributed by atoms with E-state index in [1.54, 1.807) is 25.5 Å². The second kappa shape index (κ2) is 5.14. The van der Waals surface area contributed by atoms with Crippen molar-refractivity contribution in [1.82, 2.24) is 19.7 Å². The summed E-state index contributed by atoms with van der Waals surface area (Å²) in [5.41, 5.74) is 8.65. The molecule has 21 heavy (non-hydrogen) atoms. The van der Waals surface area contributed by atoms with Crippen molar-refractivity contribution in [3.05, 3.63) is 47.8 Å². The third-order valence-electron chi connectivity index (χ3n) is 3.13. The van der Waals surface area contributed by atoms with Crippen molar-refractivity contribution in [1.29, 1.82) is 0 Å². The molecule has 5 nitrogen and oxygen atoms in total. The van der Waals surface area contributed by atoms with Gasteiger partial charge in [-0.05, 0) is 18.2 Å². The number of halogens is 2. The Balaban J connectivity index is 2.27. The Labute approximate surface area is 125 Å². The number of hydrogen-bond acceptors (Lipinski definition) is 4. The topological polar surface area (TPSA) is 69.6 Å². The molecule has 0 atom stereocenters. The van der Waals surface area contributed by atoms with Gasteiger partial charge < -0.3 is 5.73 Å². The van der Waals surface area contributed by atoms with Crippen LogP contribution in [0.25, 0.3) is 22.4 Å².